The van der Waals surface area contributed by atoms with E-state index in [9.17, 15) is 8.78 Å². The van der Waals surface area contributed by atoms with Crippen LogP contribution < -0.4 is 4.74 Å². The topological polar surface area (TPSA) is 9.23 Å². The van der Waals surface area contributed by atoms with Gasteiger partial charge in [-0.25, -0.2) is 8.78 Å². The molecule has 0 saturated carbocycles. The molecule has 0 atom stereocenters. The zero-order valence-corrected chi connectivity index (χ0v) is 16.3. The minimum Gasteiger partial charge on any atom is -0.494 e. The lowest BCUT2D eigenvalue weighted by atomic mass is 9.94. The van der Waals surface area contributed by atoms with E-state index in [0.29, 0.717) is 12.2 Å². The normalized spacial score (nSPS) is 10.8. The van der Waals surface area contributed by atoms with Gasteiger partial charge >= 0.3 is 0 Å². The summed E-state index contributed by atoms with van der Waals surface area (Å²) < 4.78 is 34.0. The average molecular weight is 380 g/mol. The summed E-state index contributed by atoms with van der Waals surface area (Å²) in [5.41, 5.74) is 2.69. The van der Waals surface area contributed by atoms with Crippen LogP contribution in [0.3, 0.4) is 0 Å². The summed E-state index contributed by atoms with van der Waals surface area (Å²) in [4.78, 5) is 0. The largest absolute Gasteiger partial charge is 0.494 e. The molecule has 0 bridgehead atoms. The minimum atomic E-state index is -0.840. The standard InChI is InChI=1S/C25H26F2O/c1-2-3-4-5-8-17-28-20-12-9-11-19(18-20)21-13-6-7-14-22(21)23-15-10-16-24(26)25(23)27/h6-7,9-16,18H,2-5,8,17H2,1H3. The van der Waals surface area contributed by atoms with Crippen molar-refractivity contribution in [2.75, 3.05) is 6.61 Å². The third kappa shape index (κ3) is 4.98. The van der Waals surface area contributed by atoms with Crippen LogP contribution in [0, 0.1) is 11.6 Å². The first-order valence-corrected chi connectivity index (χ1v) is 9.97. The molecule has 3 rings (SSSR count). The molecule has 0 amide bonds. The third-order valence-electron chi connectivity index (χ3n) is 4.83. The molecular formula is C25H26F2O. The van der Waals surface area contributed by atoms with Crippen molar-refractivity contribution in [3.8, 4) is 28.0 Å². The van der Waals surface area contributed by atoms with E-state index in [2.05, 4.69) is 6.92 Å². The quantitative estimate of drug-likeness (QED) is 0.346. The molecule has 0 aliphatic heterocycles. The van der Waals surface area contributed by atoms with Crippen LogP contribution >= 0.6 is 0 Å². The van der Waals surface area contributed by atoms with E-state index in [4.69, 9.17) is 4.74 Å². The van der Waals surface area contributed by atoms with Gasteiger partial charge < -0.3 is 4.74 Å². The Morgan fingerprint density at radius 1 is 0.714 bits per heavy atom. The van der Waals surface area contributed by atoms with Gasteiger partial charge in [0.2, 0.25) is 0 Å². The van der Waals surface area contributed by atoms with E-state index in [-0.39, 0.29) is 5.56 Å². The van der Waals surface area contributed by atoms with Crippen molar-refractivity contribution in [3.63, 3.8) is 0 Å². The summed E-state index contributed by atoms with van der Waals surface area (Å²) in [5, 5.41) is 0. The summed E-state index contributed by atoms with van der Waals surface area (Å²) in [7, 11) is 0. The van der Waals surface area contributed by atoms with E-state index in [1.54, 1.807) is 6.07 Å². The highest BCUT2D eigenvalue weighted by molar-refractivity contribution is 5.84. The molecule has 3 aromatic carbocycles. The maximum atomic E-state index is 14.4. The van der Waals surface area contributed by atoms with Crippen molar-refractivity contribution in [1.82, 2.24) is 0 Å². The van der Waals surface area contributed by atoms with E-state index in [0.717, 1.165) is 29.4 Å². The van der Waals surface area contributed by atoms with Gasteiger partial charge in [-0.05, 0) is 41.3 Å². The molecular weight excluding hydrogens is 354 g/mol. The van der Waals surface area contributed by atoms with Crippen LogP contribution in [0.1, 0.15) is 39.0 Å². The molecule has 3 aromatic rings. The van der Waals surface area contributed by atoms with Crippen molar-refractivity contribution in [3.05, 3.63) is 78.4 Å². The average Bonchev–Trinajstić information content (AvgIpc) is 2.73. The van der Waals surface area contributed by atoms with Gasteiger partial charge in [-0.3, -0.25) is 0 Å². The molecule has 0 fully saturated rings. The van der Waals surface area contributed by atoms with Crippen molar-refractivity contribution >= 4 is 0 Å². The number of benzene rings is 3. The molecule has 0 spiro atoms. The van der Waals surface area contributed by atoms with Gasteiger partial charge in [0.25, 0.3) is 0 Å². The molecule has 0 unspecified atom stereocenters. The highest BCUT2D eigenvalue weighted by Gasteiger charge is 2.14. The second-order valence-electron chi connectivity index (χ2n) is 6.94. The molecule has 28 heavy (non-hydrogen) atoms. The summed E-state index contributed by atoms with van der Waals surface area (Å²) >= 11 is 0. The van der Waals surface area contributed by atoms with Gasteiger partial charge in [0, 0.05) is 5.56 Å². The lowest BCUT2D eigenvalue weighted by Gasteiger charge is -2.13. The zero-order chi connectivity index (χ0) is 19.8. The minimum absolute atomic E-state index is 0.262. The Morgan fingerprint density at radius 2 is 1.43 bits per heavy atom. The molecule has 0 aromatic heterocycles. The van der Waals surface area contributed by atoms with Crippen LogP contribution in [0.25, 0.3) is 22.3 Å². The number of halogens is 2. The number of ether oxygens (including phenoxy) is 1. The van der Waals surface area contributed by atoms with Gasteiger partial charge in [-0.2, -0.15) is 0 Å². The van der Waals surface area contributed by atoms with Crippen LogP contribution in [0.4, 0.5) is 8.78 Å². The number of hydrogen-bond acceptors (Lipinski definition) is 1. The Labute approximate surface area is 166 Å². The Hall–Kier alpha value is -2.68. The third-order valence-corrected chi connectivity index (χ3v) is 4.83. The molecule has 1 nitrogen and oxygen atoms in total. The fraction of sp³-hybridized carbons (Fsp3) is 0.280. The van der Waals surface area contributed by atoms with Crippen LogP contribution in [0.2, 0.25) is 0 Å². The van der Waals surface area contributed by atoms with E-state index in [1.807, 2.05) is 48.5 Å². The second kappa shape index (κ2) is 10.0. The smallest absolute Gasteiger partial charge is 0.166 e. The van der Waals surface area contributed by atoms with Gasteiger partial charge in [-0.1, -0.05) is 81.1 Å². The second-order valence-corrected chi connectivity index (χ2v) is 6.94. The van der Waals surface area contributed by atoms with Gasteiger partial charge in [0.15, 0.2) is 11.6 Å². The van der Waals surface area contributed by atoms with Gasteiger partial charge in [0.05, 0.1) is 6.61 Å². The maximum absolute atomic E-state index is 14.4. The van der Waals surface area contributed by atoms with Crippen LogP contribution in [0.5, 0.6) is 5.75 Å². The fourth-order valence-corrected chi connectivity index (χ4v) is 3.33. The summed E-state index contributed by atoms with van der Waals surface area (Å²) in [6, 6.07) is 19.5. The number of rotatable bonds is 9. The first-order valence-electron chi connectivity index (χ1n) is 9.97. The van der Waals surface area contributed by atoms with Crippen molar-refractivity contribution in [2.45, 2.75) is 39.0 Å². The number of unbranched alkanes of at least 4 members (excludes halogenated alkanes) is 4. The van der Waals surface area contributed by atoms with Crippen molar-refractivity contribution in [2.24, 2.45) is 0 Å². The van der Waals surface area contributed by atoms with Crippen LogP contribution in [-0.2, 0) is 0 Å². The van der Waals surface area contributed by atoms with Crippen molar-refractivity contribution in [1.29, 1.82) is 0 Å². The van der Waals surface area contributed by atoms with E-state index in [1.165, 1.54) is 31.7 Å². The van der Waals surface area contributed by atoms with Crippen LogP contribution in [0.15, 0.2) is 66.7 Å². The first kappa shape index (κ1) is 20.1. The molecule has 146 valence electrons. The van der Waals surface area contributed by atoms with Crippen molar-refractivity contribution < 1.29 is 13.5 Å². The molecule has 0 aliphatic carbocycles. The SMILES string of the molecule is CCCCCCCOc1cccc(-c2ccccc2-c2cccc(F)c2F)c1. The Balaban J connectivity index is 1.80. The molecule has 0 radical (unpaired) electrons. The summed E-state index contributed by atoms with van der Waals surface area (Å²) in [5.74, 6) is -0.871. The van der Waals surface area contributed by atoms with E-state index < -0.39 is 11.6 Å². The van der Waals surface area contributed by atoms with Gasteiger partial charge in [0.1, 0.15) is 5.75 Å². The molecule has 0 heterocycles. The van der Waals surface area contributed by atoms with E-state index >= 15 is 0 Å². The molecule has 0 N–H and O–H groups in total. The predicted octanol–water partition coefficient (Wildman–Crippen LogP) is 7.65. The van der Waals surface area contributed by atoms with Crippen LogP contribution in [-0.4, -0.2) is 6.61 Å². The Bertz CT molecular complexity index is 905. The maximum Gasteiger partial charge on any atom is 0.166 e. The zero-order valence-electron chi connectivity index (χ0n) is 16.3. The summed E-state index contributed by atoms with van der Waals surface area (Å²) in [6.07, 6.45) is 5.95. The first-order chi connectivity index (χ1) is 13.7. The monoisotopic (exact) mass is 380 g/mol. The number of hydrogen-bond donors (Lipinski definition) is 0. The lowest BCUT2D eigenvalue weighted by Crippen LogP contribution is -1.97. The predicted molar refractivity (Wildman–Crippen MR) is 111 cm³/mol. The van der Waals surface area contributed by atoms with Gasteiger partial charge in [-0.15, -0.1) is 0 Å². The fourth-order valence-electron chi connectivity index (χ4n) is 3.33. The molecule has 3 heteroatoms. The molecule has 0 saturated heterocycles. The Morgan fingerprint density at radius 3 is 2.25 bits per heavy atom. The highest BCUT2D eigenvalue weighted by Crippen LogP contribution is 2.35. The molecule has 0 aliphatic rings. The Kier molecular flexibility index (Phi) is 7.18. The highest BCUT2D eigenvalue weighted by atomic mass is 19.2. The lowest BCUT2D eigenvalue weighted by molar-refractivity contribution is 0.304. The summed E-state index contributed by atoms with van der Waals surface area (Å²) in [6.45, 7) is 2.89.